The van der Waals surface area contributed by atoms with Crippen LogP contribution in [-0.4, -0.2) is 16.8 Å². The maximum Gasteiger partial charge on any atom is 0.145 e. The highest BCUT2D eigenvalue weighted by molar-refractivity contribution is 6.30. The fraction of sp³-hybridized carbons (Fsp3) is 0.357. The molecule has 0 saturated carbocycles. The Balaban J connectivity index is 2.29. The van der Waals surface area contributed by atoms with Crippen LogP contribution in [0.15, 0.2) is 24.4 Å². The van der Waals surface area contributed by atoms with Gasteiger partial charge in [0.1, 0.15) is 5.82 Å². The lowest BCUT2D eigenvalue weighted by Gasteiger charge is -2.16. The summed E-state index contributed by atoms with van der Waals surface area (Å²) in [6.07, 6.45) is 2.49. The molecule has 2 aromatic rings. The third-order valence-corrected chi connectivity index (χ3v) is 3.52. The van der Waals surface area contributed by atoms with Crippen LogP contribution < -0.4 is 5.32 Å². The summed E-state index contributed by atoms with van der Waals surface area (Å²) < 4.78 is 15.7. The lowest BCUT2D eigenvalue weighted by molar-refractivity contribution is 0.552. The van der Waals surface area contributed by atoms with Gasteiger partial charge in [0.25, 0.3) is 0 Å². The van der Waals surface area contributed by atoms with Crippen molar-refractivity contribution in [3.05, 3.63) is 52.1 Å². The second kappa shape index (κ2) is 5.72. The Kier molecular flexibility index (Phi) is 4.22. The van der Waals surface area contributed by atoms with Crippen LogP contribution in [0.3, 0.4) is 0 Å². The molecular formula is C14H17ClFN3. The molecule has 3 nitrogen and oxygen atoms in total. The fourth-order valence-electron chi connectivity index (χ4n) is 2.25. The normalized spacial score (nSPS) is 12.7. The Hall–Kier alpha value is -1.39. The van der Waals surface area contributed by atoms with Gasteiger partial charge >= 0.3 is 0 Å². The van der Waals surface area contributed by atoms with Crippen molar-refractivity contribution >= 4 is 11.6 Å². The van der Waals surface area contributed by atoms with Crippen LogP contribution in [-0.2, 0) is 13.5 Å². The molecule has 0 aliphatic rings. The van der Waals surface area contributed by atoms with Crippen LogP contribution in [0, 0.1) is 12.7 Å². The molecule has 0 fully saturated rings. The Bertz CT molecular complexity index is 580. The standard InChI is InChI=1S/C14H17ClFN3/c1-9-11(8-19(3)18-9)13(17-2)7-10-5-4-6-12(15)14(10)16/h4-6,8,13,17H,7H2,1-3H3. The van der Waals surface area contributed by atoms with E-state index in [1.165, 1.54) is 0 Å². The van der Waals surface area contributed by atoms with Gasteiger partial charge < -0.3 is 5.32 Å². The summed E-state index contributed by atoms with van der Waals surface area (Å²) in [4.78, 5) is 0. The highest BCUT2D eigenvalue weighted by Gasteiger charge is 2.17. The molecule has 0 spiro atoms. The predicted molar refractivity (Wildman–Crippen MR) is 74.9 cm³/mol. The molecule has 0 aliphatic carbocycles. The molecule has 0 radical (unpaired) electrons. The number of nitrogens with one attached hydrogen (secondary N) is 1. The largest absolute Gasteiger partial charge is 0.313 e. The number of nitrogens with zero attached hydrogens (tertiary/aromatic N) is 2. The molecule has 2 rings (SSSR count). The topological polar surface area (TPSA) is 29.9 Å². The van der Waals surface area contributed by atoms with Crippen molar-refractivity contribution in [2.45, 2.75) is 19.4 Å². The van der Waals surface area contributed by atoms with Crippen molar-refractivity contribution in [1.82, 2.24) is 15.1 Å². The van der Waals surface area contributed by atoms with E-state index >= 15 is 0 Å². The highest BCUT2D eigenvalue weighted by Crippen LogP contribution is 2.25. The summed E-state index contributed by atoms with van der Waals surface area (Å²) in [5.41, 5.74) is 2.63. The van der Waals surface area contributed by atoms with Crippen LogP contribution in [0.2, 0.25) is 5.02 Å². The zero-order valence-corrected chi connectivity index (χ0v) is 12.0. The summed E-state index contributed by atoms with van der Waals surface area (Å²) in [7, 11) is 3.74. The Morgan fingerprint density at radius 1 is 1.47 bits per heavy atom. The van der Waals surface area contributed by atoms with E-state index < -0.39 is 0 Å². The van der Waals surface area contributed by atoms with E-state index in [1.807, 2.05) is 27.2 Å². The minimum Gasteiger partial charge on any atom is -0.313 e. The maximum absolute atomic E-state index is 13.9. The minimum absolute atomic E-state index is 0.0154. The van der Waals surface area contributed by atoms with Gasteiger partial charge in [-0.15, -0.1) is 0 Å². The van der Waals surface area contributed by atoms with E-state index in [-0.39, 0.29) is 16.9 Å². The molecule has 0 aliphatic heterocycles. The molecule has 102 valence electrons. The SMILES string of the molecule is CNC(Cc1cccc(Cl)c1F)c1cn(C)nc1C. The van der Waals surface area contributed by atoms with Crippen molar-refractivity contribution in [2.75, 3.05) is 7.05 Å². The first-order valence-corrected chi connectivity index (χ1v) is 6.51. The van der Waals surface area contributed by atoms with E-state index in [0.29, 0.717) is 12.0 Å². The van der Waals surface area contributed by atoms with Gasteiger partial charge in [-0.2, -0.15) is 5.10 Å². The van der Waals surface area contributed by atoms with Crippen molar-refractivity contribution < 1.29 is 4.39 Å². The minimum atomic E-state index is -0.342. The van der Waals surface area contributed by atoms with E-state index in [2.05, 4.69) is 10.4 Å². The highest BCUT2D eigenvalue weighted by atomic mass is 35.5. The third kappa shape index (κ3) is 2.96. The van der Waals surface area contributed by atoms with Gasteiger partial charge in [-0.25, -0.2) is 4.39 Å². The number of hydrogen-bond donors (Lipinski definition) is 1. The van der Waals surface area contributed by atoms with Crippen LogP contribution in [0.5, 0.6) is 0 Å². The van der Waals surface area contributed by atoms with E-state index in [1.54, 1.807) is 22.9 Å². The van der Waals surface area contributed by atoms with Gasteiger partial charge in [0.2, 0.25) is 0 Å². The number of rotatable bonds is 4. The molecule has 1 aromatic heterocycles. The van der Waals surface area contributed by atoms with Gasteiger partial charge in [-0.3, -0.25) is 4.68 Å². The molecule has 1 heterocycles. The summed E-state index contributed by atoms with van der Waals surface area (Å²) in [5, 5.41) is 7.69. The summed E-state index contributed by atoms with van der Waals surface area (Å²) in [6, 6.07) is 5.10. The monoisotopic (exact) mass is 281 g/mol. The van der Waals surface area contributed by atoms with E-state index in [4.69, 9.17) is 11.6 Å². The molecule has 0 bridgehead atoms. The second-order valence-electron chi connectivity index (χ2n) is 4.60. The average molecular weight is 282 g/mol. The lowest BCUT2D eigenvalue weighted by atomic mass is 9.99. The number of hydrogen-bond acceptors (Lipinski definition) is 2. The Labute approximate surface area is 117 Å². The van der Waals surface area contributed by atoms with Gasteiger partial charge in [-0.1, -0.05) is 23.7 Å². The van der Waals surface area contributed by atoms with Gasteiger partial charge in [0, 0.05) is 24.8 Å². The quantitative estimate of drug-likeness (QED) is 0.934. The smallest absolute Gasteiger partial charge is 0.145 e. The molecule has 1 N–H and O–H groups in total. The Morgan fingerprint density at radius 2 is 2.21 bits per heavy atom. The van der Waals surface area contributed by atoms with Crippen molar-refractivity contribution in [1.29, 1.82) is 0 Å². The first kappa shape index (κ1) is 14.0. The van der Waals surface area contributed by atoms with Crippen molar-refractivity contribution in [3.8, 4) is 0 Å². The summed E-state index contributed by atoms with van der Waals surface area (Å²) in [6.45, 7) is 1.95. The van der Waals surface area contributed by atoms with Gasteiger partial charge in [0.15, 0.2) is 0 Å². The van der Waals surface area contributed by atoms with Crippen LogP contribution >= 0.6 is 11.6 Å². The predicted octanol–water partition coefficient (Wildman–Crippen LogP) is 3.02. The second-order valence-corrected chi connectivity index (χ2v) is 5.01. The molecular weight excluding hydrogens is 265 g/mol. The van der Waals surface area contributed by atoms with Crippen LogP contribution in [0.25, 0.3) is 0 Å². The Morgan fingerprint density at radius 3 is 2.79 bits per heavy atom. The number of halogens is 2. The fourth-order valence-corrected chi connectivity index (χ4v) is 2.45. The summed E-state index contributed by atoms with van der Waals surface area (Å²) >= 11 is 5.81. The molecule has 0 saturated heterocycles. The number of aryl methyl sites for hydroxylation is 2. The number of likely N-dealkylation sites (N-methyl/N-ethyl adjacent to an activating group) is 1. The average Bonchev–Trinajstić information content (AvgIpc) is 2.70. The van der Waals surface area contributed by atoms with Crippen molar-refractivity contribution in [2.24, 2.45) is 7.05 Å². The summed E-state index contributed by atoms with van der Waals surface area (Å²) in [5.74, 6) is -0.342. The molecule has 1 unspecified atom stereocenters. The number of aromatic nitrogens is 2. The lowest BCUT2D eigenvalue weighted by Crippen LogP contribution is -2.19. The van der Waals surface area contributed by atoms with Crippen LogP contribution in [0.4, 0.5) is 4.39 Å². The maximum atomic E-state index is 13.9. The molecule has 1 atom stereocenters. The number of benzene rings is 1. The molecule has 19 heavy (non-hydrogen) atoms. The van der Waals surface area contributed by atoms with Gasteiger partial charge in [-0.05, 0) is 32.0 Å². The van der Waals surface area contributed by atoms with Gasteiger partial charge in [0.05, 0.1) is 10.7 Å². The van der Waals surface area contributed by atoms with E-state index in [0.717, 1.165) is 11.3 Å². The zero-order valence-electron chi connectivity index (χ0n) is 11.2. The zero-order chi connectivity index (χ0) is 14.0. The first-order chi connectivity index (χ1) is 9.02. The van der Waals surface area contributed by atoms with E-state index in [9.17, 15) is 4.39 Å². The molecule has 5 heteroatoms. The van der Waals surface area contributed by atoms with Crippen molar-refractivity contribution in [3.63, 3.8) is 0 Å². The first-order valence-electron chi connectivity index (χ1n) is 6.13. The molecule has 1 aromatic carbocycles. The molecule has 0 amide bonds. The van der Waals surface area contributed by atoms with Crippen LogP contribution in [0.1, 0.15) is 22.9 Å². The third-order valence-electron chi connectivity index (χ3n) is 3.23.